The molecule has 0 aliphatic carbocycles. The number of pyridine rings is 1. The van der Waals surface area contributed by atoms with Gasteiger partial charge in [-0.25, -0.2) is 18.0 Å². The normalized spacial score (nSPS) is 11.4. The number of carbonyl (C=O) groups is 3. The number of benzene rings is 1. The van der Waals surface area contributed by atoms with E-state index in [1.54, 1.807) is 6.07 Å². The lowest BCUT2D eigenvalue weighted by atomic mass is 10.1. The van der Waals surface area contributed by atoms with Crippen molar-refractivity contribution >= 4 is 28.1 Å². The molecule has 0 radical (unpaired) electrons. The number of rotatable bonds is 7. The standard InChI is InChI=1S/C17H17N3O7.CH4O3S/c18-15(23)11-2-1-5-20(8-11)9-27-17(26)19-12(16(24)25)6-10-3-4-13(21)14(22)7-10;1-5(2,3)4/h1-5,7-8,12H,6,9H2,(H5-,18,19,21,22,23,24,25,26);1H3,(H,2,3,4). The van der Waals surface area contributed by atoms with Crippen LogP contribution in [0.15, 0.2) is 42.7 Å². The number of hydrogen-bond acceptors (Lipinski definition) is 9. The van der Waals surface area contributed by atoms with E-state index < -0.39 is 39.9 Å². The monoisotopic (exact) mass is 471 g/mol. The molecule has 0 aliphatic rings. The summed E-state index contributed by atoms with van der Waals surface area (Å²) in [6, 6.07) is 5.55. The van der Waals surface area contributed by atoms with E-state index in [1.165, 1.54) is 41.2 Å². The molecule has 2 aromatic rings. The second-order valence-electron chi connectivity index (χ2n) is 6.30. The summed E-state index contributed by atoms with van der Waals surface area (Å²) >= 11 is 0. The zero-order valence-corrected chi connectivity index (χ0v) is 17.5. The second-order valence-corrected chi connectivity index (χ2v) is 7.71. The molecular formula is C18H21N3O10S. The van der Waals surface area contributed by atoms with Crippen LogP contribution in [0.25, 0.3) is 0 Å². The summed E-state index contributed by atoms with van der Waals surface area (Å²) in [6.07, 6.45) is 2.40. The third kappa shape index (κ3) is 10.2. The van der Waals surface area contributed by atoms with Crippen molar-refractivity contribution in [3.8, 4) is 11.5 Å². The van der Waals surface area contributed by atoms with Crippen LogP contribution in [-0.4, -0.2) is 58.6 Å². The SMILES string of the molecule is CS(=O)(=O)[O-].NC(=O)c1ccc[n+](COC(=O)NC(Cc2ccc(O)c(O)c2)C(=O)O)c1. The first-order valence-electron chi connectivity index (χ1n) is 8.63. The Hall–Kier alpha value is -3.91. The van der Waals surface area contributed by atoms with Crippen LogP contribution >= 0.6 is 0 Å². The molecular weight excluding hydrogens is 450 g/mol. The fourth-order valence-corrected chi connectivity index (χ4v) is 2.20. The van der Waals surface area contributed by atoms with E-state index in [1.807, 2.05) is 0 Å². The van der Waals surface area contributed by atoms with Gasteiger partial charge in [0.15, 0.2) is 23.9 Å². The van der Waals surface area contributed by atoms with E-state index in [9.17, 15) is 29.7 Å². The van der Waals surface area contributed by atoms with Gasteiger partial charge in [-0.15, -0.1) is 0 Å². The van der Waals surface area contributed by atoms with Crippen LogP contribution in [0.2, 0.25) is 0 Å². The summed E-state index contributed by atoms with van der Waals surface area (Å²) in [7, 11) is -3.92. The van der Waals surface area contributed by atoms with Gasteiger partial charge >= 0.3 is 12.1 Å². The summed E-state index contributed by atoms with van der Waals surface area (Å²) in [5.74, 6) is -2.68. The first kappa shape index (κ1) is 26.1. The van der Waals surface area contributed by atoms with E-state index in [0.717, 1.165) is 0 Å². The predicted octanol–water partition coefficient (Wildman–Crippen LogP) is -0.975. The van der Waals surface area contributed by atoms with Gasteiger partial charge in [-0.3, -0.25) is 4.79 Å². The number of carboxylic acids is 1. The maximum absolute atomic E-state index is 11.9. The Bertz CT molecular complexity index is 1080. The number of nitrogens with two attached hydrogens (primary N) is 1. The maximum Gasteiger partial charge on any atom is 0.412 e. The summed E-state index contributed by atoms with van der Waals surface area (Å²) in [5, 5.41) is 30.2. The number of nitrogens with one attached hydrogen (secondary N) is 1. The topological polar surface area (TPSA) is 220 Å². The van der Waals surface area contributed by atoms with Crippen molar-refractivity contribution in [2.45, 2.75) is 19.2 Å². The molecule has 2 amide bonds. The Labute approximate surface area is 182 Å². The zero-order valence-electron chi connectivity index (χ0n) is 16.7. The van der Waals surface area contributed by atoms with E-state index in [-0.39, 0.29) is 24.5 Å². The number of amides is 2. The number of hydrogen-bond donors (Lipinski definition) is 5. The number of ether oxygens (including phenoxy) is 1. The van der Waals surface area contributed by atoms with Gasteiger partial charge in [-0.1, -0.05) is 6.07 Å². The molecule has 6 N–H and O–H groups in total. The first-order chi connectivity index (χ1) is 14.8. The minimum atomic E-state index is -3.92. The molecule has 0 fully saturated rings. The predicted molar refractivity (Wildman–Crippen MR) is 105 cm³/mol. The molecule has 32 heavy (non-hydrogen) atoms. The molecule has 1 aromatic heterocycles. The average Bonchev–Trinajstić information content (AvgIpc) is 2.67. The number of aromatic nitrogens is 1. The molecule has 0 saturated carbocycles. The van der Waals surface area contributed by atoms with E-state index in [4.69, 9.17) is 23.4 Å². The molecule has 0 bridgehead atoms. The van der Waals surface area contributed by atoms with Gasteiger partial charge in [0, 0.05) is 18.7 Å². The highest BCUT2D eigenvalue weighted by atomic mass is 32.2. The third-order valence-electron chi connectivity index (χ3n) is 3.56. The Kier molecular flexibility index (Phi) is 9.37. The van der Waals surface area contributed by atoms with E-state index in [2.05, 4.69) is 5.32 Å². The summed E-state index contributed by atoms with van der Waals surface area (Å²) in [6.45, 7) is -0.265. The Balaban J connectivity index is 0.000000920. The van der Waals surface area contributed by atoms with E-state index in [0.29, 0.717) is 11.8 Å². The van der Waals surface area contributed by atoms with Gasteiger partial charge in [0.2, 0.25) is 0 Å². The number of primary amides is 1. The van der Waals surface area contributed by atoms with Crippen molar-refractivity contribution in [3.05, 3.63) is 53.9 Å². The largest absolute Gasteiger partial charge is 0.748 e. The number of carboxylic acid groups (broad SMARTS) is 1. The number of alkyl carbamates (subject to hydrolysis) is 1. The number of carbonyl (C=O) groups excluding carboxylic acids is 2. The lowest BCUT2D eigenvalue weighted by Gasteiger charge is -2.14. The average molecular weight is 471 g/mol. The van der Waals surface area contributed by atoms with E-state index >= 15 is 0 Å². The molecule has 1 heterocycles. The molecule has 1 aromatic carbocycles. The molecule has 2 rings (SSSR count). The highest BCUT2D eigenvalue weighted by Gasteiger charge is 2.22. The van der Waals surface area contributed by atoms with Crippen molar-refractivity contribution in [1.82, 2.24) is 5.32 Å². The van der Waals surface area contributed by atoms with Crippen molar-refractivity contribution in [1.29, 1.82) is 0 Å². The van der Waals surface area contributed by atoms with Gasteiger partial charge in [-0.05, 0) is 23.8 Å². The molecule has 0 aliphatic heterocycles. The molecule has 14 heteroatoms. The van der Waals surface area contributed by atoms with Gasteiger partial charge in [0.05, 0.1) is 10.1 Å². The number of nitrogens with zero attached hydrogens (tertiary/aromatic N) is 1. The van der Waals surface area contributed by atoms with Crippen molar-refractivity contribution in [3.63, 3.8) is 0 Å². The number of phenols is 2. The molecule has 1 atom stereocenters. The van der Waals surface area contributed by atoms with Crippen molar-refractivity contribution in [2.24, 2.45) is 5.73 Å². The number of aliphatic carboxylic acids is 1. The van der Waals surface area contributed by atoms with Crippen molar-refractivity contribution < 1.29 is 52.0 Å². The molecule has 0 spiro atoms. The zero-order chi connectivity index (χ0) is 24.5. The van der Waals surface area contributed by atoms with Crippen LogP contribution in [-0.2, 0) is 32.8 Å². The second kappa shape index (κ2) is 11.5. The Morgan fingerprint density at radius 1 is 1.22 bits per heavy atom. The number of phenolic OH excluding ortho intramolecular Hbond substituents is 2. The summed E-state index contributed by atoms with van der Waals surface area (Å²) < 4.78 is 33.5. The number of aromatic hydroxyl groups is 2. The van der Waals surface area contributed by atoms with Crippen LogP contribution in [0.3, 0.4) is 0 Å². The lowest BCUT2D eigenvalue weighted by Crippen LogP contribution is -2.45. The molecule has 1 unspecified atom stereocenters. The highest BCUT2D eigenvalue weighted by Crippen LogP contribution is 2.25. The van der Waals surface area contributed by atoms with Gasteiger partial charge < -0.3 is 35.7 Å². The first-order valence-corrected chi connectivity index (χ1v) is 10.4. The van der Waals surface area contributed by atoms with Crippen LogP contribution in [0.5, 0.6) is 11.5 Å². The van der Waals surface area contributed by atoms with Gasteiger partial charge in [0.25, 0.3) is 12.6 Å². The lowest BCUT2D eigenvalue weighted by molar-refractivity contribution is -0.727. The third-order valence-corrected chi connectivity index (χ3v) is 3.56. The minimum absolute atomic E-state index is 0.136. The quantitative estimate of drug-likeness (QED) is 0.189. The molecule has 174 valence electrons. The highest BCUT2D eigenvalue weighted by molar-refractivity contribution is 7.84. The van der Waals surface area contributed by atoms with Crippen LogP contribution in [0, 0.1) is 0 Å². The molecule has 13 nitrogen and oxygen atoms in total. The Morgan fingerprint density at radius 3 is 2.38 bits per heavy atom. The van der Waals surface area contributed by atoms with Crippen LogP contribution in [0.1, 0.15) is 15.9 Å². The molecule has 0 saturated heterocycles. The maximum atomic E-state index is 11.9. The smallest absolute Gasteiger partial charge is 0.412 e. The van der Waals surface area contributed by atoms with Gasteiger partial charge in [0.1, 0.15) is 11.6 Å². The van der Waals surface area contributed by atoms with Crippen LogP contribution in [0.4, 0.5) is 4.79 Å². The fraction of sp³-hybridized carbons (Fsp3) is 0.222. The Morgan fingerprint density at radius 2 is 1.84 bits per heavy atom. The summed E-state index contributed by atoms with van der Waals surface area (Å²) in [4.78, 5) is 34.3. The fourth-order valence-electron chi connectivity index (χ4n) is 2.20. The van der Waals surface area contributed by atoms with Crippen LogP contribution < -0.4 is 15.6 Å². The minimum Gasteiger partial charge on any atom is -0.748 e. The summed E-state index contributed by atoms with van der Waals surface area (Å²) in [5.41, 5.74) is 5.77. The van der Waals surface area contributed by atoms with Gasteiger partial charge in [-0.2, -0.15) is 4.57 Å². The van der Waals surface area contributed by atoms with Crippen molar-refractivity contribution in [2.75, 3.05) is 6.26 Å².